The summed E-state index contributed by atoms with van der Waals surface area (Å²) in [6.07, 6.45) is 1.07. The van der Waals surface area contributed by atoms with E-state index in [-0.39, 0.29) is 18.5 Å². The van der Waals surface area contributed by atoms with Gasteiger partial charge in [-0.2, -0.15) is 0 Å². The molecule has 0 aliphatic carbocycles. The van der Waals surface area contributed by atoms with Gasteiger partial charge < -0.3 is 15.0 Å². The molecule has 1 aromatic heterocycles. The van der Waals surface area contributed by atoms with Crippen molar-refractivity contribution in [2.24, 2.45) is 0 Å². The maximum atomic E-state index is 12.5. The SMILES string of the molecule is C[C@H](CCc1ccccc1)NC(=O)Cn1c([C@@H](C)O)nc2ccccc21. The highest BCUT2D eigenvalue weighted by Gasteiger charge is 2.17. The molecule has 0 unspecified atom stereocenters. The number of nitrogens with zero attached hydrogens (tertiary/aromatic N) is 2. The standard InChI is InChI=1S/C21H25N3O2/c1-15(12-13-17-8-4-3-5-9-17)22-20(26)14-24-19-11-7-6-10-18(19)23-21(24)16(2)25/h3-11,15-16,25H,12-14H2,1-2H3,(H,22,26)/t15-,16-/m1/s1. The van der Waals surface area contributed by atoms with E-state index in [9.17, 15) is 9.90 Å². The number of aromatic nitrogens is 2. The molecule has 3 aromatic rings. The van der Waals surface area contributed by atoms with Gasteiger partial charge in [0.05, 0.1) is 11.0 Å². The number of hydrogen-bond donors (Lipinski definition) is 2. The summed E-state index contributed by atoms with van der Waals surface area (Å²) in [6, 6.07) is 17.9. The molecule has 0 bridgehead atoms. The van der Waals surface area contributed by atoms with Crippen LogP contribution in [0.2, 0.25) is 0 Å². The third-order valence-corrected chi connectivity index (χ3v) is 4.48. The molecule has 0 spiro atoms. The fraction of sp³-hybridized carbons (Fsp3) is 0.333. The topological polar surface area (TPSA) is 67.2 Å². The van der Waals surface area contributed by atoms with E-state index in [2.05, 4.69) is 22.4 Å². The molecule has 0 fully saturated rings. The summed E-state index contributed by atoms with van der Waals surface area (Å²) in [5, 5.41) is 13.0. The molecule has 136 valence electrons. The van der Waals surface area contributed by atoms with Gasteiger partial charge >= 0.3 is 0 Å². The lowest BCUT2D eigenvalue weighted by atomic mass is 10.1. The van der Waals surface area contributed by atoms with E-state index in [0.29, 0.717) is 5.82 Å². The van der Waals surface area contributed by atoms with Gasteiger partial charge in [-0.1, -0.05) is 42.5 Å². The van der Waals surface area contributed by atoms with Crippen LogP contribution in [0.1, 0.15) is 37.8 Å². The molecule has 1 heterocycles. The van der Waals surface area contributed by atoms with Gasteiger partial charge in [0, 0.05) is 6.04 Å². The second kappa shape index (κ2) is 8.15. The second-order valence-corrected chi connectivity index (χ2v) is 6.71. The van der Waals surface area contributed by atoms with Crippen molar-refractivity contribution in [3.63, 3.8) is 0 Å². The van der Waals surface area contributed by atoms with Crippen molar-refractivity contribution >= 4 is 16.9 Å². The number of aliphatic hydroxyl groups is 1. The number of aryl methyl sites for hydroxylation is 1. The Hall–Kier alpha value is -2.66. The number of aliphatic hydroxyl groups excluding tert-OH is 1. The molecule has 2 N–H and O–H groups in total. The van der Waals surface area contributed by atoms with Gasteiger partial charge in [0.2, 0.25) is 5.91 Å². The first-order valence-corrected chi connectivity index (χ1v) is 9.01. The zero-order valence-electron chi connectivity index (χ0n) is 15.2. The average molecular weight is 351 g/mol. The molecule has 5 heteroatoms. The molecule has 0 aliphatic heterocycles. The summed E-state index contributed by atoms with van der Waals surface area (Å²) in [5.41, 5.74) is 2.91. The normalized spacial score (nSPS) is 13.5. The van der Waals surface area contributed by atoms with E-state index in [4.69, 9.17) is 0 Å². The summed E-state index contributed by atoms with van der Waals surface area (Å²) < 4.78 is 1.79. The number of carbonyl (C=O) groups is 1. The molecule has 5 nitrogen and oxygen atoms in total. The van der Waals surface area contributed by atoms with E-state index >= 15 is 0 Å². The summed E-state index contributed by atoms with van der Waals surface area (Å²) in [6.45, 7) is 3.83. The number of imidazole rings is 1. The molecule has 0 aliphatic rings. The van der Waals surface area contributed by atoms with Crippen LogP contribution in [0.15, 0.2) is 54.6 Å². The summed E-state index contributed by atoms with van der Waals surface area (Å²) in [5.74, 6) is 0.439. The van der Waals surface area contributed by atoms with Crippen LogP contribution in [-0.2, 0) is 17.8 Å². The highest BCUT2D eigenvalue weighted by Crippen LogP contribution is 2.20. The Morgan fingerprint density at radius 1 is 1.12 bits per heavy atom. The van der Waals surface area contributed by atoms with Crippen LogP contribution >= 0.6 is 0 Å². The molecular weight excluding hydrogens is 326 g/mol. The Kier molecular flexibility index (Phi) is 5.68. The smallest absolute Gasteiger partial charge is 0.240 e. The van der Waals surface area contributed by atoms with Crippen LogP contribution in [0.5, 0.6) is 0 Å². The first kappa shape index (κ1) is 18.1. The van der Waals surface area contributed by atoms with E-state index in [1.807, 2.05) is 49.4 Å². The summed E-state index contributed by atoms with van der Waals surface area (Å²) in [7, 11) is 0. The minimum absolute atomic E-state index is 0.0735. The fourth-order valence-corrected chi connectivity index (χ4v) is 3.14. The van der Waals surface area contributed by atoms with Crippen molar-refractivity contribution in [3.8, 4) is 0 Å². The Labute approximate surface area is 153 Å². The van der Waals surface area contributed by atoms with Crippen LogP contribution in [-0.4, -0.2) is 26.6 Å². The fourth-order valence-electron chi connectivity index (χ4n) is 3.14. The molecule has 2 aromatic carbocycles. The lowest BCUT2D eigenvalue weighted by Gasteiger charge is -2.16. The maximum absolute atomic E-state index is 12.5. The number of nitrogens with one attached hydrogen (secondary N) is 1. The lowest BCUT2D eigenvalue weighted by molar-refractivity contribution is -0.122. The van der Waals surface area contributed by atoms with Gasteiger partial charge in [0.25, 0.3) is 0 Å². The molecule has 3 rings (SSSR count). The highest BCUT2D eigenvalue weighted by atomic mass is 16.3. The Balaban J connectivity index is 1.64. The van der Waals surface area contributed by atoms with Crippen LogP contribution in [0, 0.1) is 0 Å². The molecule has 26 heavy (non-hydrogen) atoms. The molecule has 2 atom stereocenters. The zero-order valence-corrected chi connectivity index (χ0v) is 15.2. The van der Waals surface area contributed by atoms with Gasteiger partial charge in [0.1, 0.15) is 18.5 Å². The monoisotopic (exact) mass is 351 g/mol. The number of para-hydroxylation sites is 2. The Morgan fingerprint density at radius 3 is 2.54 bits per heavy atom. The number of carbonyl (C=O) groups excluding carboxylic acids is 1. The van der Waals surface area contributed by atoms with Crippen molar-refractivity contribution < 1.29 is 9.90 Å². The number of hydrogen-bond acceptors (Lipinski definition) is 3. The minimum atomic E-state index is -0.731. The van der Waals surface area contributed by atoms with Crippen molar-refractivity contribution in [2.75, 3.05) is 0 Å². The van der Waals surface area contributed by atoms with Crippen LogP contribution in [0.4, 0.5) is 0 Å². The van der Waals surface area contributed by atoms with E-state index in [0.717, 1.165) is 23.9 Å². The molecule has 0 radical (unpaired) electrons. The minimum Gasteiger partial charge on any atom is -0.385 e. The van der Waals surface area contributed by atoms with Crippen LogP contribution < -0.4 is 5.32 Å². The third-order valence-electron chi connectivity index (χ3n) is 4.48. The molecule has 1 amide bonds. The highest BCUT2D eigenvalue weighted by molar-refractivity contribution is 5.81. The number of amides is 1. The Bertz CT molecular complexity index is 871. The van der Waals surface area contributed by atoms with Gasteiger partial charge in [0.15, 0.2) is 0 Å². The van der Waals surface area contributed by atoms with Gasteiger partial charge in [-0.3, -0.25) is 4.79 Å². The maximum Gasteiger partial charge on any atom is 0.240 e. The molecular formula is C21H25N3O2. The van der Waals surface area contributed by atoms with Crippen molar-refractivity contribution in [3.05, 3.63) is 66.0 Å². The van der Waals surface area contributed by atoms with Gasteiger partial charge in [-0.25, -0.2) is 4.98 Å². The van der Waals surface area contributed by atoms with E-state index < -0.39 is 6.10 Å². The molecule has 0 saturated carbocycles. The third kappa shape index (κ3) is 4.29. The largest absolute Gasteiger partial charge is 0.385 e. The molecule has 0 saturated heterocycles. The quantitative estimate of drug-likeness (QED) is 0.687. The predicted octanol–water partition coefficient (Wildman–Crippen LogP) is 3.23. The van der Waals surface area contributed by atoms with Gasteiger partial charge in [-0.15, -0.1) is 0 Å². The predicted molar refractivity (Wildman–Crippen MR) is 103 cm³/mol. The first-order chi connectivity index (χ1) is 12.5. The summed E-state index contributed by atoms with van der Waals surface area (Å²) in [4.78, 5) is 17.0. The van der Waals surface area contributed by atoms with Crippen molar-refractivity contribution in [1.29, 1.82) is 0 Å². The van der Waals surface area contributed by atoms with E-state index in [1.54, 1.807) is 11.5 Å². The number of benzene rings is 2. The van der Waals surface area contributed by atoms with Crippen LogP contribution in [0.25, 0.3) is 11.0 Å². The van der Waals surface area contributed by atoms with Gasteiger partial charge in [-0.05, 0) is 44.4 Å². The van der Waals surface area contributed by atoms with Crippen molar-refractivity contribution in [2.45, 2.75) is 45.4 Å². The van der Waals surface area contributed by atoms with E-state index in [1.165, 1.54) is 5.56 Å². The summed E-state index contributed by atoms with van der Waals surface area (Å²) >= 11 is 0. The first-order valence-electron chi connectivity index (χ1n) is 9.01. The number of rotatable bonds is 7. The number of fused-ring (bicyclic) bond motifs is 1. The second-order valence-electron chi connectivity index (χ2n) is 6.71. The van der Waals surface area contributed by atoms with Crippen LogP contribution in [0.3, 0.4) is 0 Å². The van der Waals surface area contributed by atoms with Crippen molar-refractivity contribution in [1.82, 2.24) is 14.9 Å². The average Bonchev–Trinajstić information content (AvgIpc) is 3.00. The Morgan fingerprint density at radius 2 is 1.81 bits per heavy atom. The lowest BCUT2D eigenvalue weighted by Crippen LogP contribution is -2.35. The zero-order chi connectivity index (χ0) is 18.5.